The number of ether oxygens (including phenoxy) is 1. The molecule has 1 aliphatic heterocycles. The van der Waals surface area contributed by atoms with Gasteiger partial charge in [0.15, 0.2) is 0 Å². The third kappa shape index (κ3) is 1.68. The maximum atomic E-state index is 6.12. The van der Waals surface area contributed by atoms with Crippen molar-refractivity contribution in [3.63, 3.8) is 0 Å². The van der Waals surface area contributed by atoms with Crippen LogP contribution in [0.4, 0.5) is 5.95 Å². The zero-order valence-electron chi connectivity index (χ0n) is 10.9. The number of fused-ring (bicyclic) bond motifs is 1. The molecule has 0 amide bonds. The number of imidazole rings is 1. The van der Waals surface area contributed by atoms with E-state index in [0.29, 0.717) is 12.6 Å². The largest absolute Gasteiger partial charge is 0.379 e. The Labute approximate surface area is 107 Å². The molecule has 3 rings (SSSR count). The fourth-order valence-electron chi connectivity index (χ4n) is 2.87. The molecule has 18 heavy (non-hydrogen) atoms. The zero-order valence-corrected chi connectivity index (χ0v) is 10.9. The molecule has 4 nitrogen and oxygen atoms in total. The Hall–Kier alpha value is -1.55. The summed E-state index contributed by atoms with van der Waals surface area (Å²) in [5, 5.41) is 0. The third-order valence-corrected chi connectivity index (χ3v) is 3.79. The molecule has 0 saturated carbocycles. The Morgan fingerprint density at radius 3 is 3.00 bits per heavy atom. The van der Waals surface area contributed by atoms with E-state index in [4.69, 9.17) is 10.5 Å². The smallest absolute Gasteiger partial charge is 0.201 e. The van der Waals surface area contributed by atoms with Crippen LogP contribution in [0.25, 0.3) is 11.0 Å². The molecule has 1 fully saturated rings. The van der Waals surface area contributed by atoms with E-state index in [1.165, 1.54) is 5.56 Å². The van der Waals surface area contributed by atoms with E-state index >= 15 is 0 Å². The second-order valence-electron chi connectivity index (χ2n) is 5.45. The van der Waals surface area contributed by atoms with Crippen LogP contribution in [0.2, 0.25) is 0 Å². The Morgan fingerprint density at radius 2 is 2.28 bits per heavy atom. The third-order valence-electron chi connectivity index (χ3n) is 3.79. The molecule has 2 heterocycles. The summed E-state index contributed by atoms with van der Waals surface area (Å²) >= 11 is 0. The van der Waals surface area contributed by atoms with Crippen LogP contribution < -0.4 is 5.73 Å². The highest BCUT2D eigenvalue weighted by Gasteiger charge is 2.32. The van der Waals surface area contributed by atoms with Gasteiger partial charge >= 0.3 is 0 Å². The fourth-order valence-corrected chi connectivity index (χ4v) is 2.87. The highest BCUT2D eigenvalue weighted by molar-refractivity contribution is 5.79. The van der Waals surface area contributed by atoms with Gasteiger partial charge in [0.2, 0.25) is 5.95 Å². The molecule has 4 heteroatoms. The molecule has 0 bridgehead atoms. The lowest BCUT2D eigenvalue weighted by atomic mass is 9.94. The van der Waals surface area contributed by atoms with Crippen molar-refractivity contribution in [2.24, 2.45) is 0 Å². The van der Waals surface area contributed by atoms with Crippen LogP contribution in [0.15, 0.2) is 18.2 Å². The van der Waals surface area contributed by atoms with Crippen LogP contribution >= 0.6 is 0 Å². The molecule has 0 radical (unpaired) electrons. The molecule has 1 aromatic heterocycles. The number of aromatic nitrogens is 2. The minimum absolute atomic E-state index is 0.0770. The molecular formula is C14H19N3O. The molecular weight excluding hydrogens is 226 g/mol. The molecule has 2 aromatic rings. The van der Waals surface area contributed by atoms with Gasteiger partial charge < -0.3 is 15.0 Å². The van der Waals surface area contributed by atoms with E-state index in [2.05, 4.69) is 41.6 Å². The Bertz CT molecular complexity index is 582. The lowest BCUT2D eigenvalue weighted by Gasteiger charge is -2.35. The summed E-state index contributed by atoms with van der Waals surface area (Å²) in [7, 11) is 0. The van der Waals surface area contributed by atoms with Gasteiger partial charge in [0.05, 0.1) is 23.2 Å². The van der Waals surface area contributed by atoms with Gasteiger partial charge in [-0.2, -0.15) is 0 Å². The molecule has 96 valence electrons. The second kappa shape index (κ2) is 3.99. The van der Waals surface area contributed by atoms with Crippen molar-refractivity contribution in [2.45, 2.75) is 32.2 Å². The highest BCUT2D eigenvalue weighted by Crippen LogP contribution is 2.33. The predicted molar refractivity (Wildman–Crippen MR) is 72.6 cm³/mol. The first-order valence-electron chi connectivity index (χ1n) is 6.43. The summed E-state index contributed by atoms with van der Waals surface area (Å²) in [5.74, 6) is 0.587. The molecule has 1 atom stereocenters. The minimum atomic E-state index is -0.0770. The van der Waals surface area contributed by atoms with E-state index in [-0.39, 0.29) is 5.54 Å². The Kier molecular flexibility index (Phi) is 2.55. The van der Waals surface area contributed by atoms with Crippen LogP contribution in [0.3, 0.4) is 0 Å². The van der Waals surface area contributed by atoms with E-state index in [1.54, 1.807) is 0 Å². The normalized spacial score (nSPS) is 24.6. The number of hydrogen-bond donors (Lipinski definition) is 1. The maximum Gasteiger partial charge on any atom is 0.201 e. The standard InChI is InChI=1S/C14H19N3O/c1-10-4-5-12-11(8-10)16-13(15)17(12)14(2)6-3-7-18-9-14/h4-5,8H,3,6-7,9H2,1-2H3,(H2,15,16). The minimum Gasteiger partial charge on any atom is -0.379 e. The zero-order chi connectivity index (χ0) is 12.8. The number of aryl methyl sites for hydroxylation is 1. The summed E-state index contributed by atoms with van der Waals surface area (Å²) in [4.78, 5) is 4.48. The average Bonchev–Trinajstić information content (AvgIpc) is 2.65. The topological polar surface area (TPSA) is 53.1 Å². The van der Waals surface area contributed by atoms with Crippen LogP contribution in [-0.2, 0) is 10.3 Å². The van der Waals surface area contributed by atoms with E-state index in [0.717, 1.165) is 30.5 Å². The molecule has 2 N–H and O–H groups in total. The Balaban J connectivity index is 2.18. The van der Waals surface area contributed by atoms with Gasteiger partial charge in [0.1, 0.15) is 0 Å². The van der Waals surface area contributed by atoms with Gasteiger partial charge in [-0.3, -0.25) is 0 Å². The first-order chi connectivity index (χ1) is 8.60. The SMILES string of the molecule is Cc1ccc2c(c1)nc(N)n2C1(C)CCCOC1. The van der Waals surface area contributed by atoms with Crippen molar-refractivity contribution in [3.8, 4) is 0 Å². The summed E-state index contributed by atoms with van der Waals surface area (Å²) in [6.45, 7) is 5.82. The number of nitrogens with two attached hydrogens (primary N) is 1. The van der Waals surface area contributed by atoms with Crippen molar-refractivity contribution in [1.82, 2.24) is 9.55 Å². The lowest BCUT2D eigenvalue weighted by molar-refractivity contribution is 0.0124. The second-order valence-corrected chi connectivity index (χ2v) is 5.45. The molecule has 1 aromatic carbocycles. The molecule has 1 saturated heterocycles. The maximum absolute atomic E-state index is 6.12. The lowest BCUT2D eigenvalue weighted by Crippen LogP contribution is -2.39. The van der Waals surface area contributed by atoms with Crippen LogP contribution in [0.5, 0.6) is 0 Å². The number of rotatable bonds is 1. The Morgan fingerprint density at radius 1 is 1.44 bits per heavy atom. The summed E-state index contributed by atoms with van der Waals surface area (Å²) in [5.41, 5.74) is 9.32. The highest BCUT2D eigenvalue weighted by atomic mass is 16.5. The van der Waals surface area contributed by atoms with Gasteiger partial charge in [-0.25, -0.2) is 4.98 Å². The van der Waals surface area contributed by atoms with Crippen molar-refractivity contribution in [1.29, 1.82) is 0 Å². The summed E-state index contributed by atoms with van der Waals surface area (Å²) in [6.07, 6.45) is 2.15. The van der Waals surface area contributed by atoms with E-state index in [1.807, 2.05) is 0 Å². The number of anilines is 1. The molecule has 1 aliphatic rings. The van der Waals surface area contributed by atoms with Crippen molar-refractivity contribution < 1.29 is 4.74 Å². The number of nitrogens with zero attached hydrogens (tertiary/aromatic N) is 2. The van der Waals surface area contributed by atoms with Crippen LogP contribution in [-0.4, -0.2) is 22.8 Å². The molecule has 0 spiro atoms. The fraction of sp³-hybridized carbons (Fsp3) is 0.500. The molecule has 1 unspecified atom stereocenters. The van der Waals surface area contributed by atoms with Crippen LogP contribution in [0.1, 0.15) is 25.3 Å². The van der Waals surface area contributed by atoms with Gasteiger partial charge in [-0.1, -0.05) is 6.07 Å². The van der Waals surface area contributed by atoms with Crippen LogP contribution in [0, 0.1) is 6.92 Å². The average molecular weight is 245 g/mol. The van der Waals surface area contributed by atoms with E-state index < -0.39 is 0 Å². The first kappa shape index (κ1) is 11.5. The van der Waals surface area contributed by atoms with Gasteiger partial charge in [0, 0.05) is 6.61 Å². The van der Waals surface area contributed by atoms with Crippen molar-refractivity contribution in [3.05, 3.63) is 23.8 Å². The van der Waals surface area contributed by atoms with Crippen molar-refractivity contribution in [2.75, 3.05) is 18.9 Å². The number of hydrogen-bond acceptors (Lipinski definition) is 3. The predicted octanol–water partition coefficient (Wildman–Crippen LogP) is 2.45. The van der Waals surface area contributed by atoms with Gasteiger partial charge in [-0.15, -0.1) is 0 Å². The van der Waals surface area contributed by atoms with Gasteiger partial charge in [0.25, 0.3) is 0 Å². The van der Waals surface area contributed by atoms with Crippen molar-refractivity contribution >= 4 is 17.0 Å². The summed E-state index contributed by atoms with van der Waals surface area (Å²) in [6, 6.07) is 6.29. The molecule has 0 aliphatic carbocycles. The number of benzene rings is 1. The number of nitrogen functional groups attached to an aromatic ring is 1. The summed E-state index contributed by atoms with van der Waals surface area (Å²) < 4.78 is 7.77. The first-order valence-corrected chi connectivity index (χ1v) is 6.43. The monoisotopic (exact) mass is 245 g/mol. The van der Waals surface area contributed by atoms with E-state index in [9.17, 15) is 0 Å². The quantitative estimate of drug-likeness (QED) is 0.839. The van der Waals surface area contributed by atoms with Gasteiger partial charge in [-0.05, 0) is 44.4 Å².